The van der Waals surface area contributed by atoms with Gasteiger partial charge in [0.2, 0.25) is 0 Å². The minimum atomic E-state index is -0.967. The van der Waals surface area contributed by atoms with Crippen LogP contribution in [0.25, 0.3) is 0 Å². The van der Waals surface area contributed by atoms with Crippen LogP contribution in [-0.2, 0) is 19.2 Å². The Morgan fingerprint density at radius 2 is 2.04 bits per heavy atom. The quantitative estimate of drug-likeness (QED) is 0.556. The molecule has 2 aromatic rings. The first-order valence-corrected chi connectivity index (χ1v) is 7.79. The van der Waals surface area contributed by atoms with Crippen LogP contribution in [0.15, 0.2) is 47.7 Å². The molecule has 0 radical (unpaired) electrons. The summed E-state index contributed by atoms with van der Waals surface area (Å²) in [5, 5.41) is 21.1. The van der Waals surface area contributed by atoms with Crippen LogP contribution in [0.5, 0.6) is 0 Å². The summed E-state index contributed by atoms with van der Waals surface area (Å²) in [5.41, 5.74) is 0.946. The van der Waals surface area contributed by atoms with Crippen molar-refractivity contribution in [2.75, 3.05) is 13.1 Å². The average molecular weight is 315 g/mol. The fourth-order valence-corrected chi connectivity index (χ4v) is 2.22. The number of nitrogens with one attached hydrogen (secondary N) is 2. The van der Waals surface area contributed by atoms with Crippen molar-refractivity contribution in [2.45, 2.75) is 26.0 Å². The molecule has 2 rings (SSSR count). The number of guanidine groups is 1. The van der Waals surface area contributed by atoms with E-state index in [9.17, 15) is 5.11 Å². The highest BCUT2D eigenvalue weighted by molar-refractivity contribution is 5.79. The molecule has 0 aliphatic rings. The van der Waals surface area contributed by atoms with Crippen molar-refractivity contribution in [1.29, 1.82) is 0 Å². The van der Waals surface area contributed by atoms with Gasteiger partial charge in [-0.15, -0.1) is 0 Å². The van der Waals surface area contributed by atoms with Crippen LogP contribution in [0, 0.1) is 0 Å². The molecule has 124 valence electrons. The molecule has 0 amide bonds. The van der Waals surface area contributed by atoms with Crippen molar-refractivity contribution in [3.63, 3.8) is 0 Å². The first-order chi connectivity index (χ1) is 11.0. The van der Waals surface area contributed by atoms with Gasteiger partial charge in [-0.3, -0.25) is 4.68 Å². The normalized spacial score (nSPS) is 14.3. The number of aryl methyl sites for hydroxylation is 1. The van der Waals surface area contributed by atoms with E-state index in [0.717, 1.165) is 17.7 Å². The van der Waals surface area contributed by atoms with Gasteiger partial charge >= 0.3 is 0 Å². The highest BCUT2D eigenvalue weighted by atomic mass is 16.3. The average Bonchev–Trinajstić information content (AvgIpc) is 2.96. The topological polar surface area (TPSA) is 74.5 Å². The first-order valence-electron chi connectivity index (χ1n) is 7.79. The van der Waals surface area contributed by atoms with Crippen LogP contribution >= 0.6 is 0 Å². The number of hydrogen-bond acceptors (Lipinski definition) is 3. The van der Waals surface area contributed by atoms with Gasteiger partial charge in [-0.25, -0.2) is 4.99 Å². The largest absolute Gasteiger partial charge is 0.384 e. The lowest BCUT2D eigenvalue weighted by molar-refractivity contribution is 0.0617. The van der Waals surface area contributed by atoms with Crippen molar-refractivity contribution in [1.82, 2.24) is 20.4 Å². The van der Waals surface area contributed by atoms with E-state index in [2.05, 4.69) is 20.7 Å². The smallest absolute Gasteiger partial charge is 0.191 e. The fraction of sp³-hybridized carbons (Fsp3) is 0.412. The van der Waals surface area contributed by atoms with Crippen LogP contribution in [0.1, 0.15) is 25.0 Å². The standard InChI is InChI=1S/C17H25N5O/c1-4-18-16(19-10-14-11-21-22(3)12-14)20-13-17(2,23)15-8-6-5-7-9-15/h5-9,11-12,23H,4,10,13H2,1-3H3,(H2,18,19,20). The zero-order chi connectivity index (χ0) is 16.7. The van der Waals surface area contributed by atoms with Gasteiger partial charge in [0, 0.05) is 25.4 Å². The zero-order valence-corrected chi connectivity index (χ0v) is 14.0. The van der Waals surface area contributed by atoms with Crippen molar-refractivity contribution >= 4 is 5.96 Å². The van der Waals surface area contributed by atoms with E-state index < -0.39 is 5.60 Å². The van der Waals surface area contributed by atoms with Gasteiger partial charge in [-0.1, -0.05) is 30.3 Å². The maximum absolute atomic E-state index is 10.6. The molecule has 1 atom stereocenters. The van der Waals surface area contributed by atoms with Gasteiger partial charge in [0.25, 0.3) is 0 Å². The van der Waals surface area contributed by atoms with Crippen molar-refractivity contribution in [2.24, 2.45) is 12.0 Å². The molecule has 23 heavy (non-hydrogen) atoms. The minimum Gasteiger partial charge on any atom is -0.384 e. The van der Waals surface area contributed by atoms with Gasteiger partial charge in [-0.05, 0) is 19.4 Å². The van der Waals surface area contributed by atoms with Crippen LogP contribution in [-0.4, -0.2) is 33.9 Å². The molecule has 1 heterocycles. The highest BCUT2D eigenvalue weighted by Crippen LogP contribution is 2.18. The maximum atomic E-state index is 10.6. The lowest BCUT2D eigenvalue weighted by Crippen LogP contribution is -2.44. The summed E-state index contributed by atoms with van der Waals surface area (Å²) in [5.74, 6) is 0.674. The molecule has 1 aromatic carbocycles. The second-order valence-electron chi connectivity index (χ2n) is 5.71. The Hall–Kier alpha value is -2.34. The Morgan fingerprint density at radius 3 is 2.65 bits per heavy atom. The second-order valence-corrected chi connectivity index (χ2v) is 5.71. The lowest BCUT2D eigenvalue weighted by atomic mass is 9.96. The molecule has 0 aliphatic carbocycles. The molecule has 1 aromatic heterocycles. The minimum absolute atomic E-state index is 0.371. The van der Waals surface area contributed by atoms with Crippen LogP contribution in [0.2, 0.25) is 0 Å². The number of hydrogen-bond donors (Lipinski definition) is 3. The van der Waals surface area contributed by atoms with Crippen LogP contribution in [0.3, 0.4) is 0 Å². The van der Waals surface area contributed by atoms with Crippen molar-refractivity contribution in [3.05, 3.63) is 53.9 Å². The Kier molecular flexibility index (Phi) is 5.76. The number of aliphatic hydroxyl groups is 1. The molecule has 0 spiro atoms. The van der Waals surface area contributed by atoms with Gasteiger partial charge < -0.3 is 15.7 Å². The molecule has 0 saturated heterocycles. The van der Waals surface area contributed by atoms with E-state index in [4.69, 9.17) is 0 Å². The summed E-state index contributed by atoms with van der Waals surface area (Å²) >= 11 is 0. The second kappa shape index (κ2) is 7.78. The van der Waals surface area contributed by atoms with Crippen molar-refractivity contribution in [3.8, 4) is 0 Å². The molecule has 1 unspecified atom stereocenters. The van der Waals surface area contributed by atoms with E-state index in [1.165, 1.54) is 0 Å². The summed E-state index contributed by atoms with van der Waals surface area (Å²) in [6, 6.07) is 9.62. The molecule has 3 N–H and O–H groups in total. The number of nitrogens with zero attached hydrogens (tertiary/aromatic N) is 3. The summed E-state index contributed by atoms with van der Waals surface area (Å²) in [6.07, 6.45) is 3.74. The summed E-state index contributed by atoms with van der Waals surface area (Å²) in [4.78, 5) is 4.52. The fourth-order valence-electron chi connectivity index (χ4n) is 2.22. The van der Waals surface area contributed by atoms with E-state index in [-0.39, 0.29) is 0 Å². The third kappa shape index (κ3) is 5.10. The predicted octanol–water partition coefficient (Wildman–Crippen LogP) is 1.38. The molecule has 6 nitrogen and oxygen atoms in total. The number of benzene rings is 1. The number of rotatable bonds is 6. The number of aliphatic imine (C=N–C) groups is 1. The van der Waals surface area contributed by atoms with Crippen molar-refractivity contribution < 1.29 is 5.11 Å². The molecule has 0 aliphatic heterocycles. The lowest BCUT2D eigenvalue weighted by Gasteiger charge is -2.25. The zero-order valence-electron chi connectivity index (χ0n) is 14.0. The van der Waals surface area contributed by atoms with E-state index in [0.29, 0.717) is 19.0 Å². The molecule has 0 bridgehead atoms. The first kappa shape index (κ1) is 17.0. The highest BCUT2D eigenvalue weighted by Gasteiger charge is 2.22. The predicted molar refractivity (Wildman–Crippen MR) is 92.0 cm³/mol. The summed E-state index contributed by atoms with van der Waals surface area (Å²) < 4.78 is 1.76. The molecule has 6 heteroatoms. The Morgan fingerprint density at radius 1 is 1.30 bits per heavy atom. The van der Waals surface area contributed by atoms with Gasteiger partial charge in [0.15, 0.2) is 5.96 Å². The Balaban J connectivity index is 1.98. The van der Waals surface area contributed by atoms with Gasteiger partial charge in [0.05, 0.1) is 19.3 Å². The summed E-state index contributed by atoms with van der Waals surface area (Å²) in [7, 11) is 1.88. The van der Waals surface area contributed by atoms with E-state index in [1.807, 2.05) is 50.5 Å². The SMILES string of the molecule is CCNC(=NCc1cnn(C)c1)NCC(C)(O)c1ccccc1. The van der Waals surface area contributed by atoms with Crippen LogP contribution < -0.4 is 10.6 Å². The molecule has 0 saturated carbocycles. The van der Waals surface area contributed by atoms with Crippen LogP contribution in [0.4, 0.5) is 0 Å². The van der Waals surface area contributed by atoms with E-state index in [1.54, 1.807) is 17.8 Å². The molecule has 0 fully saturated rings. The van der Waals surface area contributed by atoms with Gasteiger partial charge in [-0.2, -0.15) is 5.10 Å². The maximum Gasteiger partial charge on any atom is 0.191 e. The number of aromatic nitrogens is 2. The molecular formula is C17H25N5O. The Labute approximate surface area is 137 Å². The molecular weight excluding hydrogens is 290 g/mol. The van der Waals surface area contributed by atoms with Gasteiger partial charge in [0.1, 0.15) is 5.60 Å². The monoisotopic (exact) mass is 315 g/mol. The third-order valence-electron chi connectivity index (χ3n) is 3.52. The third-order valence-corrected chi connectivity index (χ3v) is 3.52. The summed E-state index contributed by atoms with van der Waals surface area (Å²) in [6.45, 7) is 5.47. The van der Waals surface area contributed by atoms with E-state index >= 15 is 0 Å². The Bertz CT molecular complexity index is 633.